The number of nitro benzene ring substituents is 1. The van der Waals surface area contributed by atoms with Gasteiger partial charge in [-0.1, -0.05) is 13.8 Å². The van der Waals surface area contributed by atoms with Crippen LogP contribution in [0.25, 0.3) is 0 Å². The molecule has 0 heterocycles. The van der Waals surface area contributed by atoms with Crippen LogP contribution < -0.4 is 10.6 Å². The zero-order valence-corrected chi connectivity index (χ0v) is 17.0. The highest BCUT2D eigenvalue weighted by Gasteiger charge is 2.24. The maximum Gasteiger partial charge on any atom is 0.270 e. The number of nitrogens with one attached hydrogen (secondary N) is 2. The molecule has 0 spiro atoms. The lowest BCUT2D eigenvalue weighted by atomic mass is 10.1. The van der Waals surface area contributed by atoms with Gasteiger partial charge in [0.05, 0.1) is 21.1 Å². The number of hydrogen-bond acceptors (Lipinski definition) is 7. The van der Waals surface area contributed by atoms with Crippen molar-refractivity contribution in [1.82, 2.24) is 4.31 Å². The van der Waals surface area contributed by atoms with E-state index in [1.807, 2.05) is 0 Å². The molecule has 0 aromatic heterocycles. The summed E-state index contributed by atoms with van der Waals surface area (Å²) >= 11 is 0. The molecule has 2 rings (SSSR count). The summed E-state index contributed by atoms with van der Waals surface area (Å²) in [6.45, 7) is 3.93. The molecule has 0 fully saturated rings. The highest BCUT2D eigenvalue weighted by Crippen LogP contribution is 2.30. The summed E-state index contributed by atoms with van der Waals surface area (Å²) in [6, 6.07) is 7.28. The second-order valence-electron chi connectivity index (χ2n) is 5.96. The van der Waals surface area contributed by atoms with Gasteiger partial charge in [-0.15, -0.1) is 0 Å². The minimum Gasteiger partial charge on any atom is -0.506 e. The lowest BCUT2D eigenvalue weighted by Crippen LogP contribution is -2.30. The fourth-order valence-corrected chi connectivity index (χ4v) is 4.21. The molecule has 2 aromatic rings. The van der Waals surface area contributed by atoms with Crippen LogP contribution >= 0.6 is 0 Å². The van der Waals surface area contributed by atoms with Gasteiger partial charge in [0.2, 0.25) is 10.0 Å². The average molecular weight is 422 g/mol. The monoisotopic (exact) mass is 422 g/mol. The maximum absolute atomic E-state index is 12.7. The van der Waals surface area contributed by atoms with Gasteiger partial charge in [-0.3, -0.25) is 14.9 Å². The van der Waals surface area contributed by atoms with E-state index in [4.69, 9.17) is 0 Å². The third-order valence-electron chi connectivity index (χ3n) is 4.29. The molecule has 0 saturated heterocycles. The maximum atomic E-state index is 12.7. The first-order valence-corrected chi connectivity index (χ1v) is 10.2. The second kappa shape index (κ2) is 8.88. The van der Waals surface area contributed by atoms with Crippen molar-refractivity contribution >= 4 is 33.0 Å². The lowest BCUT2D eigenvalue weighted by molar-refractivity contribution is -0.384. The lowest BCUT2D eigenvalue weighted by Gasteiger charge is -2.19. The number of phenolic OH excluding ortho intramolecular Hbond substituents is 1. The summed E-state index contributed by atoms with van der Waals surface area (Å²) < 4.78 is 26.6. The summed E-state index contributed by atoms with van der Waals surface area (Å²) in [5, 5.41) is 26.3. The van der Waals surface area contributed by atoms with Crippen molar-refractivity contribution in [1.29, 1.82) is 0 Å². The highest BCUT2D eigenvalue weighted by molar-refractivity contribution is 7.89. The Morgan fingerprint density at radius 1 is 1.14 bits per heavy atom. The van der Waals surface area contributed by atoms with Crippen LogP contribution in [0.15, 0.2) is 41.3 Å². The number of rotatable bonds is 8. The molecule has 29 heavy (non-hydrogen) atoms. The van der Waals surface area contributed by atoms with Crippen molar-refractivity contribution in [2.24, 2.45) is 0 Å². The van der Waals surface area contributed by atoms with Crippen molar-refractivity contribution in [3.8, 4) is 5.75 Å². The molecule has 2 aromatic carbocycles. The number of amides is 1. The van der Waals surface area contributed by atoms with E-state index in [-0.39, 0.29) is 40.7 Å². The van der Waals surface area contributed by atoms with E-state index in [9.17, 15) is 28.4 Å². The van der Waals surface area contributed by atoms with E-state index >= 15 is 0 Å². The van der Waals surface area contributed by atoms with E-state index in [1.165, 1.54) is 28.6 Å². The van der Waals surface area contributed by atoms with E-state index in [2.05, 4.69) is 10.6 Å². The summed E-state index contributed by atoms with van der Waals surface area (Å²) in [5.74, 6) is -1.08. The first-order chi connectivity index (χ1) is 13.6. The van der Waals surface area contributed by atoms with Crippen molar-refractivity contribution in [2.45, 2.75) is 18.7 Å². The molecule has 0 aliphatic heterocycles. The minimum absolute atomic E-state index is 0.0295. The van der Waals surface area contributed by atoms with E-state index in [1.54, 1.807) is 20.9 Å². The Morgan fingerprint density at radius 3 is 2.34 bits per heavy atom. The first kappa shape index (κ1) is 22.1. The van der Waals surface area contributed by atoms with Crippen LogP contribution in [-0.4, -0.2) is 48.8 Å². The van der Waals surface area contributed by atoms with Crippen molar-refractivity contribution in [3.05, 3.63) is 52.1 Å². The first-order valence-electron chi connectivity index (χ1n) is 8.76. The van der Waals surface area contributed by atoms with E-state index in [0.29, 0.717) is 5.69 Å². The third-order valence-corrected chi connectivity index (χ3v) is 6.33. The Kier molecular flexibility index (Phi) is 6.77. The fourth-order valence-electron chi connectivity index (χ4n) is 2.73. The van der Waals surface area contributed by atoms with Gasteiger partial charge in [-0.05, 0) is 24.3 Å². The third kappa shape index (κ3) is 4.63. The van der Waals surface area contributed by atoms with Crippen LogP contribution in [0.1, 0.15) is 24.2 Å². The van der Waals surface area contributed by atoms with Crippen LogP contribution in [-0.2, 0) is 10.0 Å². The predicted octanol–water partition coefficient (Wildman–Crippen LogP) is 2.62. The SMILES string of the molecule is CCN(CC)S(=O)(=O)c1ccc(O)c(NC(=O)c2cc([N+](=O)[O-])ccc2NC)c1. The van der Waals surface area contributed by atoms with E-state index < -0.39 is 20.9 Å². The van der Waals surface area contributed by atoms with Crippen LogP contribution in [0.5, 0.6) is 5.75 Å². The van der Waals surface area contributed by atoms with Crippen molar-refractivity contribution < 1.29 is 23.2 Å². The molecule has 11 heteroatoms. The summed E-state index contributed by atoms with van der Waals surface area (Å²) in [7, 11) is -2.25. The Morgan fingerprint density at radius 2 is 1.79 bits per heavy atom. The van der Waals surface area contributed by atoms with Gasteiger partial charge in [-0.25, -0.2) is 8.42 Å². The molecule has 156 valence electrons. The highest BCUT2D eigenvalue weighted by atomic mass is 32.2. The van der Waals surface area contributed by atoms with Crippen molar-refractivity contribution in [3.63, 3.8) is 0 Å². The molecule has 3 N–H and O–H groups in total. The molecule has 0 unspecified atom stereocenters. The van der Waals surface area contributed by atoms with Gasteiger partial charge in [-0.2, -0.15) is 4.31 Å². The molecular formula is C18H22N4O6S. The summed E-state index contributed by atoms with van der Waals surface area (Å²) in [5.41, 5.74) is -0.106. The number of anilines is 2. The van der Waals surface area contributed by atoms with Gasteiger partial charge in [0.15, 0.2) is 0 Å². The van der Waals surface area contributed by atoms with Gasteiger partial charge < -0.3 is 15.7 Å². The van der Waals surface area contributed by atoms with Gasteiger partial charge in [0.1, 0.15) is 5.75 Å². The minimum atomic E-state index is -3.80. The number of phenols is 1. The normalized spacial score (nSPS) is 11.3. The number of carbonyl (C=O) groups is 1. The number of aromatic hydroxyl groups is 1. The zero-order chi connectivity index (χ0) is 21.8. The molecule has 0 saturated carbocycles. The summed E-state index contributed by atoms with van der Waals surface area (Å²) in [6.07, 6.45) is 0. The summed E-state index contributed by atoms with van der Waals surface area (Å²) in [4.78, 5) is 23.0. The van der Waals surface area contributed by atoms with Crippen LogP contribution in [0, 0.1) is 10.1 Å². The van der Waals surface area contributed by atoms with Gasteiger partial charge in [0, 0.05) is 38.0 Å². The number of sulfonamides is 1. The topological polar surface area (TPSA) is 142 Å². The Bertz CT molecular complexity index is 1030. The number of benzene rings is 2. The largest absolute Gasteiger partial charge is 0.506 e. The number of carbonyl (C=O) groups excluding carboxylic acids is 1. The van der Waals surface area contributed by atoms with Crippen LogP contribution in [0.2, 0.25) is 0 Å². The molecule has 1 amide bonds. The zero-order valence-electron chi connectivity index (χ0n) is 16.2. The molecule has 0 aliphatic rings. The quantitative estimate of drug-likeness (QED) is 0.337. The van der Waals surface area contributed by atoms with Crippen LogP contribution in [0.3, 0.4) is 0 Å². The molecule has 0 bridgehead atoms. The molecular weight excluding hydrogens is 400 g/mol. The number of nitrogens with zero attached hydrogens (tertiary/aromatic N) is 2. The number of hydrogen-bond donors (Lipinski definition) is 3. The fraction of sp³-hybridized carbons (Fsp3) is 0.278. The number of nitro groups is 1. The standard InChI is InChI=1S/C18H22N4O6S/c1-4-21(5-2)29(27,28)13-7-9-17(23)16(11-13)20-18(24)14-10-12(22(25)26)6-8-15(14)19-3/h6-11,19,23H,4-5H2,1-3H3,(H,20,24). The van der Waals surface area contributed by atoms with Crippen LogP contribution in [0.4, 0.5) is 17.1 Å². The average Bonchev–Trinajstić information content (AvgIpc) is 2.69. The predicted molar refractivity (Wildman–Crippen MR) is 109 cm³/mol. The molecule has 0 atom stereocenters. The Balaban J connectivity index is 2.44. The molecule has 10 nitrogen and oxygen atoms in total. The smallest absolute Gasteiger partial charge is 0.270 e. The Hall–Kier alpha value is -3.18. The number of non-ortho nitro benzene ring substituents is 1. The Labute approximate surface area is 168 Å². The van der Waals surface area contributed by atoms with Crippen molar-refractivity contribution in [2.75, 3.05) is 30.8 Å². The molecule has 0 aliphatic carbocycles. The van der Waals surface area contributed by atoms with Gasteiger partial charge in [0.25, 0.3) is 11.6 Å². The van der Waals surface area contributed by atoms with Gasteiger partial charge >= 0.3 is 0 Å². The van der Waals surface area contributed by atoms with E-state index in [0.717, 1.165) is 12.1 Å². The molecule has 0 radical (unpaired) electrons. The second-order valence-corrected chi connectivity index (χ2v) is 7.90.